The van der Waals surface area contributed by atoms with Gasteiger partial charge in [-0.2, -0.15) is 0 Å². The summed E-state index contributed by atoms with van der Waals surface area (Å²) in [5.74, 6) is -0.190. The van der Waals surface area contributed by atoms with Gasteiger partial charge < -0.3 is 15.0 Å². The zero-order valence-electron chi connectivity index (χ0n) is 19.0. The predicted molar refractivity (Wildman–Crippen MR) is 136 cm³/mol. The number of hydrogen-bond donors (Lipinski definition) is 2. The zero-order valence-corrected chi connectivity index (χ0v) is 20.7. The molecule has 10 heteroatoms. The number of anilines is 2. The molecule has 0 radical (unpaired) electrons. The SMILES string of the molecule is CCOC(=O)N1CCC(N(c2cccc3c(NC(=O)c4ccc(C)s4)cccc23)S(=O)O)CC1. The molecule has 1 saturated heterocycles. The number of rotatable bonds is 6. The fraction of sp³-hybridized carbons (Fsp3) is 0.333. The van der Waals surface area contributed by atoms with Gasteiger partial charge in [0.25, 0.3) is 17.2 Å². The number of piperidine rings is 1. The Kier molecular flexibility index (Phi) is 7.50. The summed E-state index contributed by atoms with van der Waals surface area (Å²) < 4.78 is 29.3. The Hall–Kier alpha value is -2.95. The quantitative estimate of drug-likeness (QED) is 0.462. The van der Waals surface area contributed by atoms with Crippen LogP contribution in [0.15, 0.2) is 48.5 Å². The highest BCUT2D eigenvalue weighted by Crippen LogP contribution is 2.35. The lowest BCUT2D eigenvalue weighted by Crippen LogP contribution is -2.47. The minimum atomic E-state index is -2.26. The van der Waals surface area contributed by atoms with E-state index in [1.807, 2.05) is 49.4 Å². The van der Waals surface area contributed by atoms with E-state index in [4.69, 9.17) is 4.74 Å². The Morgan fingerprint density at radius 3 is 2.50 bits per heavy atom. The van der Waals surface area contributed by atoms with Gasteiger partial charge >= 0.3 is 6.09 Å². The maximum Gasteiger partial charge on any atom is 0.409 e. The van der Waals surface area contributed by atoms with Crippen LogP contribution in [0.2, 0.25) is 0 Å². The number of likely N-dealkylation sites (tertiary alicyclic amines) is 1. The van der Waals surface area contributed by atoms with Crippen LogP contribution in [0.25, 0.3) is 10.8 Å². The summed E-state index contributed by atoms with van der Waals surface area (Å²) in [7, 11) is 0. The lowest BCUT2D eigenvalue weighted by Gasteiger charge is -2.37. The summed E-state index contributed by atoms with van der Waals surface area (Å²) in [5, 5.41) is 4.52. The van der Waals surface area contributed by atoms with Crippen molar-refractivity contribution >= 4 is 56.8 Å². The number of fused-ring (bicyclic) bond motifs is 1. The largest absolute Gasteiger partial charge is 0.450 e. The van der Waals surface area contributed by atoms with Crippen molar-refractivity contribution in [2.24, 2.45) is 0 Å². The number of carbonyl (C=O) groups excluding carboxylic acids is 2. The van der Waals surface area contributed by atoms with Crippen LogP contribution >= 0.6 is 11.3 Å². The molecule has 8 nitrogen and oxygen atoms in total. The number of benzene rings is 2. The minimum Gasteiger partial charge on any atom is -0.450 e. The first-order valence-corrected chi connectivity index (χ1v) is 13.0. The molecule has 1 atom stereocenters. The van der Waals surface area contributed by atoms with E-state index in [0.29, 0.717) is 48.8 Å². The van der Waals surface area contributed by atoms with Gasteiger partial charge in [-0.15, -0.1) is 11.3 Å². The fourth-order valence-corrected chi connectivity index (χ4v) is 5.80. The van der Waals surface area contributed by atoms with Crippen molar-refractivity contribution in [1.82, 2.24) is 4.90 Å². The molecule has 1 fully saturated rings. The smallest absolute Gasteiger partial charge is 0.409 e. The molecule has 0 spiro atoms. The second kappa shape index (κ2) is 10.5. The van der Waals surface area contributed by atoms with Crippen molar-refractivity contribution in [2.45, 2.75) is 32.7 Å². The summed E-state index contributed by atoms with van der Waals surface area (Å²) in [6, 6.07) is 14.5. The molecule has 180 valence electrons. The summed E-state index contributed by atoms with van der Waals surface area (Å²) >= 11 is -0.839. The van der Waals surface area contributed by atoms with Gasteiger partial charge in [0.1, 0.15) is 0 Å². The second-order valence-electron chi connectivity index (χ2n) is 8.02. The highest BCUT2D eigenvalue weighted by atomic mass is 32.2. The van der Waals surface area contributed by atoms with Gasteiger partial charge in [0.2, 0.25) is 0 Å². The van der Waals surface area contributed by atoms with Crippen LogP contribution in [0, 0.1) is 6.92 Å². The first-order chi connectivity index (χ1) is 16.4. The Bertz CT molecular complexity index is 1220. The molecule has 0 saturated carbocycles. The summed E-state index contributed by atoms with van der Waals surface area (Å²) in [4.78, 5) is 28.1. The van der Waals surface area contributed by atoms with Gasteiger partial charge in [-0.25, -0.2) is 9.00 Å². The fourth-order valence-electron chi connectivity index (χ4n) is 4.24. The average Bonchev–Trinajstić information content (AvgIpc) is 3.26. The molecule has 1 aromatic heterocycles. The average molecular weight is 502 g/mol. The topological polar surface area (TPSA) is 99.2 Å². The molecule has 0 aliphatic carbocycles. The van der Waals surface area contributed by atoms with Crippen molar-refractivity contribution in [3.63, 3.8) is 0 Å². The summed E-state index contributed by atoms with van der Waals surface area (Å²) in [6.45, 7) is 4.92. The summed E-state index contributed by atoms with van der Waals surface area (Å²) in [5.41, 5.74) is 1.24. The lowest BCUT2D eigenvalue weighted by atomic mass is 10.0. The number of hydrogen-bond acceptors (Lipinski definition) is 5. The Morgan fingerprint density at radius 2 is 1.85 bits per heavy atom. The normalized spacial score (nSPS) is 15.2. The van der Waals surface area contributed by atoms with Crippen molar-refractivity contribution in [3.05, 3.63) is 58.3 Å². The maximum absolute atomic E-state index is 12.7. The third-order valence-electron chi connectivity index (χ3n) is 5.84. The molecule has 3 aromatic rings. The molecule has 2 N–H and O–H groups in total. The first-order valence-electron chi connectivity index (χ1n) is 11.1. The van der Waals surface area contributed by atoms with E-state index < -0.39 is 11.3 Å². The van der Waals surface area contributed by atoms with Gasteiger partial charge in [-0.3, -0.25) is 13.7 Å². The number of carbonyl (C=O) groups is 2. The molecule has 1 aliphatic heterocycles. The number of aryl methyl sites for hydroxylation is 1. The van der Waals surface area contributed by atoms with Gasteiger partial charge in [-0.1, -0.05) is 24.3 Å². The van der Waals surface area contributed by atoms with Crippen LogP contribution in [0.3, 0.4) is 0 Å². The highest BCUT2D eigenvalue weighted by Gasteiger charge is 2.31. The molecule has 0 bridgehead atoms. The summed E-state index contributed by atoms with van der Waals surface area (Å²) in [6.07, 6.45) is 0.717. The van der Waals surface area contributed by atoms with Crippen LogP contribution in [0.5, 0.6) is 0 Å². The predicted octanol–water partition coefficient (Wildman–Crippen LogP) is 5.03. The minimum absolute atomic E-state index is 0.190. The number of thiophene rings is 1. The van der Waals surface area contributed by atoms with Gasteiger partial charge in [0, 0.05) is 40.5 Å². The van der Waals surface area contributed by atoms with E-state index in [1.165, 1.54) is 15.6 Å². The zero-order chi connectivity index (χ0) is 24.2. The molecule has 4 rings (SSSR count). The molecule has 2 amide bonds. The Labute approximate surface area is 204 Å². The molecule has 1 aliphatic rings. The van der Waals surface area contributed by atoms with Crippen molar-refractivity contribution in [3.8, 4) is 0 Å². The number of nitrogens with zero attached hydrogens (tertiary/aromatic N) is 2. The number of nitrogens with one attached hydrogen (secondary N) is 1. The van der Waals surface area contributed by atoms with Crippen LogP contribution in [-0.4, -0.2) is 51.4 Å². The van der Waals surface area contributed by atoms with Crippen LogP contribution < -0.4 is 9.62 Å². The molecular formula is C24H27N3O5S2. The van der Waals surface area contributed by atoms with Crippen molar-refractivity contribution in [2.75, 3.05) is 29.3 Å². The van der Waals surface area contributed by atoms with Gasteiger partial charge in [-0.05, 0) is 51.0 Å². The monoisotopic (exact) mass is 501 g/mol. The van der Waals surface area contributed by atoms with Crippen molar-refractivity contribution in [1.29, 1.82) is 0 Å². The van der Waals surface area contributed by atoms with E-state index >= 15 is 0 Å². The lowest BCUT2D eigenvalue weighted by molar-refractivity contribution is 0.0975. The molecule has 1 unspecified atom stereocenters. The van der Waals surface area contributed by atoms with E-state index in [0.717, 1.165) is 15.6 Å². The second-order valence-corrected chi connectivity index (χ2v) is 10.2. The third-order valence-corrected chi connectivity index (χ3v) is 7.67. The van der Waals surface area contributed by atoms with Gasteiger partial charge in [0.05, 0.1) is 17.2 Å². The maximum atomic E-state index is 12.7. The van der Waals surface area contributed by atoms with E-state index in [1.54, 1.807) is 17.9 Å². The number of amides is 2. The van der Waals surface area contributed by atoms with E-state index in [9.17, 15) is 18.4 Å². The van der Waals surface area contributed by atoms with Gasteiger partial charge in [0.15, 0.2) is 0 Å². The van der Waals surface area contributed by atoms with Crippen LogP contribution in [-0.2, 0) is 16.0 Å². The molecule has 2 aromatic carbocycles. The van der Waals surface area contributed by atoms with Crippen LogP contribution in [0.4, 0.5) is 16.2 Å². The van der Waals surface area contributed by atoms with Crippen LogP contribution in [0.1, 0.15) is 34.3 Å². The standard InChI is InChI=1S/C24H27N3O5S2/c1-3-32-24(29)26-14-12-17(13-15-26)27(34(30)31)21-9-5-6-18-19(21)7-4-8-20(18)25-23(28)22-11-10-16(2)33-22/h4-11,17H,3,12-15H2,1-2H3,(H,25,28)(H,30,31). The Morgan fingerprint density at radius 1 is 1.15 bits per heavy atom. The number of ether oxygens (including phenoxy) is 1. The Balaban J connectivity index is 1.61. The van der Waals surface area contributed by atoms with E-state index in [2.05, 4.69) is 5.32 Å². The molecule has 34 heavy (non-hydrogen) atoms. The highest BCUT2D eigenvalue weighted by molar-refractivity contribution is 7.80. The third kappa shape index (κ3) is 5.08. The molecular weight excluding hydrogens is 474 g/mol. The molecule has 2 heterocycles. The first kappa shape index (κ1) is 24.2. The van der Waals surface area contributed by atoms with Crippen molar-refractivity contribution < 1.29 is 23.1 Å². The van der Waals surface area contributed by atoms with E-state index in [-0.39, 0.29) is 18.0 Å².